The van der Waals surface area contributed by atoms with Crippen LogP contribution in [0.3, 0.4) is 0 Å². The van der Waals surface area contributed by atoms with Gasteiger partial charge in [-0.2, -0.15) is 0 Å². The van der Waals surface area contributed by atoms with Crippen molar-refractivity contribution in [2.45, 2.75) is 34.2 Å². The van der Waals surface area contributed by atoms with Crippen molar-refractivity contribution in [2.75, 3.05) is 20.2 Å². The highest BCUT2D eigenvalue weighted by Gasteiger charge is 2.03. The Morgan fingerprint density at radius 2 is 2.05 bits per heavy atom. The molecule has 0 radical (unpaired) electrons. The molecule has 1 rings (SSSR count). The van der Waals surface area contributed by atoms with Gasteiger partial charge in [-0.1, -0.05) is 26.0 Å². The first-order valence-electron chi connectivity index (χ1n) is 7.23. The number of nitrogens with zero attached hydrogens (tertiary/aromatic N) is 1. The zero-order chi connectivity index (χ0) is 15.0. The SMILES string of the molecule is CCOc1ccc(CNC(=NC)NCC(C)C)cc1C. The molecule has 4 nitrogen and oxygen atoms in total. The van der Waals surface area contributed by atoms with Crippen LogP contribution < -0.4 is 15.4 Å². The second kappa shape index (κ2) is 8.46. The summed E-state index contributed by atoms with van der Waals surface area (Å²) in [6.45, 7) is 10.8. The smallest absolute Gasteiger partial charge is 0.191 e. The van der Waals surface area contributed by atoms with Gasteiger partial charge in [0.2, 0.25) is 0 Å². The predicted octanol–water partition coefficient (Wildman–Crippen LogP) is 2.71. The van der Waals surface area contributed by atoms with E-state index in [0.29, 0.717) is 12.5 Å². The van der Waals surface area contributed by atoms with Crippen molar-refractivity contribution in [1.29, 1.82) is 0 Å². The van der Waals surface area contributed by atoms with Crippen LogP contribution in [-0.2, 0) is 6.54 Å². The summed E-state index contributed by atoms with van der Waals surface area (Å²) in [5.74, 6) is 2.39. The van der Waals surface area contributed by atoms with Crippen LogP contribution >= 0.6 is 0 Å². The minimum absolute atomic E-state index is 0.598. The maximum Gasteiger partial charge on any atom is 0.191 e. The third kappa shape index (κ3) is 5.51. The molecule has 0 saturated carbocycles. The first-order chi connectivity index (χ1) is 9.56. The number of guanidine groups is 1. The number of aryl methyl sites for hydroxylation is 1. The van der Waals surface area contributed by atoms with Gasteiger partial charge in [-0.3, -0.25) is 4.99 Å². The van der Waals surface area contributed by atoms with E-state index >= 15 is 0 Å². The molecule has 4 heteroatoms. The van der Waals surface area contributed by atoms with Crippen molar-refractivity contribution in [3.8, 4) is 5.75 Å². The summed E-state index contributed by atoms with van der Waals surface area (Å²) in [5.41, 5.74) is 2.38. The number of rotatable bonds is 6. The highest BCUT2D eigenvalue weighted by atomic mass is 16.5. The predicted molar refractivity (Wildman–Crippen MR) is 85.4 cm³/mol. The van der Waals surface area contributed by atoms with E-state index < -0.39 is 0 Å². The fraction of sp³-hybridized carbons (Fsp3) is 0.562. The topological polar surface area (TPSA) is 45.6 Å². The third-order valence-corrected chi connectivity index (χ3v) is 2.90. The summed E-state index contributed by atoms with van der Waals surface area (Å²) in [6, 6.07) is 6.26. The molecule has 0 spiro atoms. The van der Waals surface area contributed by atoms with Gasteiger partial charge in [-0.05, 0) is 37.0 Å². The van der Waals surface area contributed by atoms with Crippen LogP contribution in [0.15, 0.2) is 23.2 Å². The summed E-state index contributed by atoms with van der Waals surface area (Å²) in [4.78, 5) is 4.21. The lowest BCUT2D eigenvalue weighted by molar-refractivity contribution is 0.338. The van der Waals surface area contributed by atoms with Crippen LogP contribution in [-0.4, -0.2) is 26.2 Å². The standard InChI is InChI=1S/C16H27N3O/c1-6-20-15-8-7-14(9-13(15)4)11-19-16(17-5)18-10-12(2)3/h7-9,12H,6,10-11H2,1-5H3,(H2,17,18,19). The normalized spacial score (nSPS) is 11.6. The van der Waals surface area contributed by atoms with E-state index in [1.807, 2.05) is 13.0 Å². The van der Waals surface area contributed by atoms with E-state index in [0.717, 1.165) is 30.4 Å². The minimum atomic E-state index is 0.598. The molecule has 0 aliphatic heterocycles. The maximum atomic E-state index is 5.55. The molecule has 0 fully saturated rings. The molecule has 0 amide bonds. The average Bonchev–Trinajstić information content (AvgIpc) is 2.41. The summed E-state index contributed by atoms with van der Waals surface area (Å²) >= 11 is 0. The Hall–Kier alpha value is -1.71. The van der Waals surface area contributed by atoms with E-state index in [2.05, 4.69) is 48.5 Å². The van der Waals surface area contributed by atoms with Crippen LogP contribution in [0.2, 0.25) is 0 Å². The Labute approximate surface area is 122 Å². The Kier molecular flexibility index (Phi) is 6.91. The van der Waals surface area contributed by atoms with Crippen molar-refractivity contribution in [3.63, 3.8) is 0 Å². The molecular formula is C16H27N3O. The van der Waals surface area contributed by atoms with Crippen LogP contribution in [0.4, 0.5) is 0 Å². The zero-order valence-corrected chi connectivity index (χ0v) is 13.3. The molecule has 1 aromatic rings. The van der Waals surface area contributed by atoms with Gasteiger partial charge in [0.1, 0.15) is 5.75 Å². The van der Waals surface area contributed by atoms with Gasteiger partial charge < -0.3 is 15.4 Å². The second-order valence-corrected chi connectivity index (χ2v) is 5.23. The van der Waals surface area contributed by atoms with E-state index in [4.69, 9.17) is 4.74 Å². The molecule has 0 aromatic heterocycles. The monoisotopic (exact) mass is 277 g/mol. The molecule has 0 unspecified atom stereocenters. The largest absolute Gasteiger partial charge is 0.494 e. The van der Waals surface area contributed by atoms with Gasteiger partial charge in [0.15, 0.2) is 5.96 Å². The quantitative estimate of drug-likeness (QED) is 0.621. The van der Waals surface area contributed by atoms with Gasteiger partial charge in [-0.15, -0.1) is 0 Å². The van der Waals surface area contributed by atoms with E-state index in [1.54, 1.807) is 7.05 Å². The van der Waals surface area contributed by atoms with E-state index in [1.165, 1.54) is 5.56 Å². The number of ether oxygens (including phenoxy) is 1. The van der Waals surface area contributed by atoms with Crippen LogP contribution in [0.25, 0.3) is 0 Å². The van der Waals surface area contributed by atoms with Crippen molar-refractivity contribution in [2.24, 2.45) is 10.9 Å². The lowest BCUT2D eigenvalue weighted by atomic mass is 10.1. The van der Waals surface area contributed by atoms with Crippen LogP contribution in [0.5, 0.6) is 5.75 Å². The molecular weight excluding hydrogens is 250 g/mol. The third-order valence-electron chi connectivity index (χ3n) is 2.90. The molecule has 0 aliphatic rings. The van der Waals surface area contributed by atoms with Gasteiger partial charge in [0, 0.05) is 20.1 Å². The van der Waals surface area contributed by atoms with E-state index in [-0.39, 0.29) is 0 Å². The lowest BCUT2D eigenvalue weighted by Gasteiger charge is -2.14. The van der Waals surface area contributed by atoms with Crippen molar-refractivity contribution >= 4 is 5.96 Å². The molecule has 1 aromatic carbocycles. The molecule has 0 aliphatic carbocycles. The minimum Gasteiger partial charge on any atom is -0.494 e. The van der Waals surface area contributed by atoms with Crippen molar-refractivity contribution in [3.05, 3.63) is 29.3 Å². The highest BCUT2D eigenvalue weighted by Crippen LogP contribution is 2.18. The molecule has 0 atom stereocenters. The molecule has 0 saturated heterocycles. The summed E-state index contributed by atoms with van der Waals surface area (Å²) < 4.78 is 5.55. The number of benzene rings is 1. The summed E-state index contributed by atoms with van der Waals surface area (Å²) in [6.07, 6.45) is 0. The number of nitrogens with one attached hydrogen (secondary N) is 2. The first kappa shape index (κ1) is 16.3. The Bertz CT molecular complexity index is 441. The fourth-order valence-electron chi connectivity index (χ4n) is 1.85. The number of hydrogen-bond acceptors (Lipinski definition) is 2. The van der Waals surface area contributed by atoms with Crippen molar-refractivity contribution in [1.82, 2.24) is 10.6 Å². The maximum absolute atomic E-state index is 5.55. The molecule has 20 heavy (non-hydrogen) atoms. The second-order valence-electron chi connectivity index (χ2n) is 5.23. The molecule has 2 N–H and O–H groups in total. The first-order valence-corrected chi connectivity index (χ1v) is 7.23. The number of aliphatic imine (C=N–C) groups is 1. The Morgan fingerprint density at radius 3 is 2.60 bits per heavy atom. The fourth-order valence-corrected chi connectivity index (χ4v) is 1.85. The highest BCUT2D eigenvalue weighted by molar-refractivity contribution is 5.79. The average molecular weight is 277 g/mol. The molecule has 0 bridgehead atoms. The zero-order valence-electron chi connectivity index (χ0n) is 13.3. The van der Waals surface area contributed by atoms with Crippen LogP contribution in [0, 0.1) is 12.8 Å². The lowest BCUT2D eigenvalue weighted by Crippen LogP contribution is -2.38. The Morgan fingerprint density at radius 1 is 1.30 bits per heavy atom. The van der Waals surface area contributed by atoms with Gasteiger partial charge >= 0.3 is 0 Å². The van der Waals surface area contributed by atoms with Gasteiger partial charge in [-0.25, -0.2) is 0 Å². The Balaban J connectivity index is 2.54. The van der Waals surface area contributed by atoms with Gasteiger partial charge in [0.25, 0.3) is 0 Å². The summed E-state index contributed by atoms with van der Waals surface area (Å²) in [5, 5.41) is 6.62. The number of hydrogen-bond donors (Lipinski definition) is 2. The van der Waals surface area contributed by atoms with Crippen molar-refractivity contribution < 1.29 is 4.74 Å². The molecule has 0 heterocycles. The summed E-state index contributed by atoms with van der Waals surface area (Å²) in [7, 11) is 1.79. The molecule has 112 valence electrons. The van der Waals surface area contributed by atoms with E-state index in [9.17, 15) is 0 Å². The van der Waals surface area contributed by atoms with Crippen LogP contribution in [0.1, 0.15) is 31.9 Å². The van der Waals surface area contributed by atoms with Gasteiger partial charge in [0.05, 0.1) is 6.61 Å².